The number of anilines is 3. The topological polar surface area (TPSA) is 85.4 Å². The van der Waals surface area contributed by atoms with Crippen LogP contribution in [0.3, 0.4) is 0 Å². The van der Waals surface area contributed by atoms with E-state index < -0.39 is 0 Å². The van der Waals surface area contributed by atoms with Gasteiger partial charge >= 0.3 is 5.97 Å². The summed E-state index contributed by atoms with van der Waals surface area (Å²) in [5.74, 6) is 2.56. The van der Waals surface area contributed by atoms with Gasteiger partial charge in [0.2, 0.25) is 0 Å². The van der Waals surface area contributed by atoms with Gasteiger partial charge in [-0.3, -0.25) is 0 Å². The Hall–Kier alpha value is -3.61. The van der Waals surface area contributed by atoms with E-state index in [1.807, 2.05) is 31.2 Å². The van der Waals surface area contributed by atoms with Crippen LogP contribution in [-0.2, 0) is 11.2 Å². The van der Waals surface area contributed by atoms with Gasteiger partial charge in [-0.2, -0.15) is 0 Å². The van der Waals surface area contributed by atoms with E-state index >= 15 is 0 Å². The average Bonchev–Trinajstić information content (AvgIpc) is 2.73. The molecule has 0 saturated heterocycles. The lowest BCUT2D eigenvalue weighted by Crippen LogP contribution is -2.08. The van der Waals surface area contributed by atoms with Gasteiger partial charge in [0.05, 0.1) is 19.8 Å². The fourth-order valence-corrected chi connectivity index (χ4v) is 2.84. The molecule has 3 rings (SSSR count). The minimum Gasteiger partial charge on any atom is -0.497 e. The molecule has 0 atom stereocenters. The van der Waals surface area contributed by atoms with Crippen molar-refractivity contribution >= 4 is 23.3 Å². The van der Waals surface area contributed by atoms with Crippen LogP contribution in [-0.4, -0.2) is 36.7 Å². The Bertz CT molecular complexity index is 974. The van der Waals surface area contributed by atoms with Crippen molar-refractivity contribution in [2.75, 3.05) is 31.4 Å². The molecule has 0 aliphatic carbocycles. The fourth-order valence-electron chi connectivity index (χ4n) is 2.84. The number of benzene rings is 2. The standard InChI is InChI=1S/C22H24N4O3/c1-15-24-20(23-12-11-16-5-4-6-19(13-16)28-2)14-21(25-15)26-18-9-7-17(8-10-18)22(27)29-3/h4-10,13-14H,11-12H2,1-3H3,(H2,23,24,25,26). The summed E-state index contributed by atoms with van der Waals surface area (Å²) in [5.41, 5.74) is 2.50. The Morgan fingerprint density at radius 2 is 1.76 bits per heavy atom. The summed E-state index contributed by atoms with van der Waals surface area (Å²) in [4.78, 5) is 20.4. The van der Waals surface area contributed by atoms with Crippen LogP contribution < -0.4 is 15.4 Å². The van der Waals surface area contributed by atoms with Gasteiger partial charge in [-0.1, -0.05) is 12.1 Å². The van der Waals surface area contributed by atoms with Gasteiger partial charge in [-0.25, -0.2) is 14.8 Å². The van der Waals surface area contributed by atoms with Crippen LogP contribution in [0.1, 0.15) is 21.7 Å². The maximum atomic E-state index is 11.5. The SMILES string of the molecule is COC(=O)c1ccc(Nc2cc(NCCc3cccc(OC)c3)nc(C)n2)cc1. The molecule has 0 bridgehead atoms. The number of hydrogen-bond donors (Lipinski definition) is 2. The van der Waals surface area contributed by atoms with Gasteiger partial charge in [0.15, 0.2) is 0 Å². The van der Waals surface area contributed by atoms with Crippen molar-refractivity contribution < 1.29 is 14.3 Å². The van der Waals surface area contributed by atoms with Gasteiger partial charge in [0.25, 0.3) is 0 Å². The van der Waals surface area contributed by atoms with Gasteiger partial charge in [0, 0.05) is 18.3 Å². The third-order valence-electron chi connectivity index (χ3n) is 4.27. The van der Waals surface area contributed by atoms with E-state index in [1.165, 1.54) is 12.7 Å². The van der Waals surface area contributed by atoms with Crippen molar-refractivity contribution in [3.63, 3.8) is 0 Å². The third-order valence-corrected chi connectivity index (χ3v) is 4.27. The molecule has 150 valence electrons. The van der Waals surface area contributed by atoms with Crippen LogP contribution in [0, 0.1) is 6.92 Å². The second-order valence-electron chi connectivity index (χ2n) is 6.41. The number of aryl methyl sites for hydroxylation is 1. The Kier molecular flexibility index (Phi) is 6.63. The Balaban J connectivity index is 1.62. The van der Waals surface area contributed by atoms with Crippen LogP contribution in [0.4, 0.5) is 17.3 Å². The zero-order valence-electron chi connectivity index (χ0n) is 16.7. The first-order valence-corrected chi connectivity index (χ1v) is 9.25. The molecule has 7 heteroatoms. The summed E-state index contributed by atoms with van der Waals surface area (Å²) in [6, 6.07) is 16.9. The summed E-state index contributed by atoms with van der Waals surface area (Å²) < 4.78 is 9.97. The van der Waals surface area contributed by atoms with E-state index in [9.17, 15) is 4.79 Å². The predicted molar refractivity (Wildman–Crippen MR) is 113 cm³/mol. The minimum absolute atomic E-state index is 0.364. The highest BCUT2D eigenvalue weighted by molar-refractivity contribution is 5.89. The normalized spacial score (nSPS) is 10.3. The van der Waals surface area contributed by atoms with E-state index in [0.717, 1.165) is 30.2 Å². The number of aromatic nitrogens is 2. The number of nitrogens with zero attached hydrogens (tertiary/aromatic N) is 2. The quantitative estimate of drug-likeness (QED) is 0.561. The molecule has 1 heterocycles. The Morgan fingerprint density at radius 3 is 2.48 bits per heavy atom. The molecule has 1 aromatic heterocycles. The van der Waals surface area contributed by atoms with Crippen LogP contribution in [0.2, 0.25) is 0 Å². The van der Waals surface area contributed by atoms with Crippen molar-refractivity contribution in [3.8, 4) is 5.75 Å². The first-order valence-electron chi connectivity index (χ1n) is 9.25. The molecule has 3 aromatic rings. The van der Waals surface area contributed by atoms with Crippen LogP contribution >= 0.6 is 0 Å². The highest BCUT2D eigenvalue weighted by atomic mass is 16.5. The van der Waals surface area contributed by atoms with Crippen molar-refractivity contribution in [2.24, 2.45) is 0 Å². The smallest absolute Gasteiger partial charge is 0.337 e. The van der Waals surface area contributed by atoms with E-state index in [1.54, 1.807) is 31.4 Å². The monoisotopic (exact) mass is 392 g/mol. The number of rotatable bonds is 8. The number of ether oxygens (including phenoxy) is 2. The molecular formula is C22H24N4O3. The molecule has 29 heavy (non-hydrogen) atoms. The van der Waals surface area contributed by atoms with E-state index in [4.69, 9.17) is 9.47 Å². The summed E-state index contributed by atoms with van der Waals surface area (Å²) in [7, 11) is 3.03. The number of esters is 1. The lowest BCUT2D eigenvalue weighted by Gasteiger charge is -2.11. The summed E-state index contributed by atoms with van der Waals surface area (Å²) in [5, 5.41) is 6.57. The maximum Gasteiger partial charge on any atom is 0.337 e. The highest BCUT2D eigenvalue weighted by Gasteiger charge is 2.06. The predicted octanol–water partition coefficient (Wildman–Crippen LogP) is 3.98. The molecule has 2 N–H and O–H groups in total. The minimum atomic E-state index is -0.364. The fraction of sp³-hybridized carbons (Fsp3) is 0.227. The summed E-state index contributed by atoms with van der Waals surface area (Å²) >= 11 is 0. The first kappa shape index (κ1) is 20.1. The van der Waals surface area contributed by atoms with Crippen molar-refractivity contribution in [3.05, 3.63) is 71.5 Å². The number of carbonyl (C=O) groups excluding carboxylic acids is 1. The van der Waals surface area contributed by atoms with Crippen LogP contribution in [0.5, 0.6) is 5.75 Å². The largest absolute Gasteiger partial charge is 0.497 e. The molecule has 2 aromatic carbocycles. The molecule has 0 fully saturated rings. The first-order chi connectivity index (χ1) is 14.1. The summed E-state index contributed by atoms with van der Waals surface area (Å²) in [6.45, 7) is 2.58. The molecule has 0 radical (unpaired) electrons. The number of nitrogens with one attached hydrogen (secondary N) is 2. The molecule has 0 unspecified atom stereocenters. The van der Waals surface area contributed by atoms with Crippen LogP contribution in [0.15, 0.2) is 54.6 Å². The third kappa shape index (κ3) is 5.68. The average molecular weight is 392 g/mol. The van der Waals surface area contributed by atoms with Gasteiger partial charge in [-0.15, -0.1) is 0 Å². The zero-order chi connectivity index (χ0) is 20.6. The van der Waals surface area contributed by atoms with Gasteiger partial charge < -0.3 is 20.1 Å². The van der Waals surface area contributed by atoms with Crippen molar-refractivity contribution in [1.82, 2.24) is 9.97 Å². The molecule has 0 aliphatic rings. The van der Waals surface area contributed by atoms with Gasteiger partial charge in [-0.05, 0) is 55.3 Å². The molecule has 0 aliphatic heterocycles. The zero-order valence-corrected chi connectivity index (χ0v) is 16.7. The molecule has 0 spiro atoms. The van der Waals surface area contributed by atoms with Gasteiger partial charge in [0.1, 0.15) is 23.2 Å². The molecule has 7 nitrogen and oxygen atoms in total. The van der Waals surface area contributed by atoms with Crippen molar-refractivity contribution in [2.45, 2.75) is 13.3 Å². The lowest BCUT2D eigenvalue weighted by atomic mass is 10.1. The second-order valence-corrected chi connectivity index (χ2v) is 6.41. The number of carbonyl (C=O) groups is 1. The lowest BCUT2D eigenvalue weighted by molar-refractivity contribution is 0.0601. The molecule has 0 saturated carbocycles. The van der Waals surface area contributed by atoms with E-state index in [0.29, 0.717) is 17.2 Å². The Labute approximate surface area is 170 Å². The molecular weight excluding hydrogens is 368 g/mol. The summed E-state index contributed by atoms with van der Waals surface area (Å²) in [6.07, 6.45) is 0.845. The van der Waals surface area contributed by atoms with E-state index in [-0.39, 0.29) is 5.97 Å². The maximum absolute atomic E-state index is 11.5. The molecule has 0 amide bonds. The highest BCUT2D eigenvalue weighted by Crippen LogP contribution is 2.19. The second kappa shape index (κ2) is 9.54. The van der Waals surface area contributed by atoms with E-state index in [2.05, 4.69) is 26.7 Å². The van der Waals surface area contributed by atoms with Crippen LogP contribution in [0.25, 0.3) is 0 Å². The number of hydrogen-bond acceptors (Lipinski definition) is 7. The number of methoxy groups -OCH3 is 2. The van der Waals surface area contributed by atoms with Crippen molar-refractivity contribution in [1.29, 1.82) is 0 Å². The Morgan fingerprint density at radius 1 is 1.00 bits per heavy atom.